The van der Waals surface area contributed by atoms with Crippen LogP contribution in [0, 0.1) is 5.92 Å². The van der Waals surface area contributed by atoms with E-state index >= 15 is 0 Å². The summed E-state index contributed by atoms with van der Waals surface area (Å²) in [5.41, 5.74) is 2.17. The lowest BCUT2D eigenvalue weighted by Crippen LogP contribution is -2.38. The first kappa shape index (κ1) is 19.3. The predicted octanol–water partition coefficient (Wildman–Crippen LogP) is 3.80. The van der Waals surface area contributed by atoms with Crippen molar-refractivity contribution in [2.45, 2.75) is 38.6 Å². The van der Waals surface area contributed by atoms with Crippen molar-refractivity contribution < 1.29 is 14.3 Å². The highest BCUT2D eigenvalue weighted by molar-refractivity contribution is 8.16. The quantitative estimate of drug-likeness (QED) is 0.683. The first-order valence-electron chi connectivity index (χ1n) is 9.47. The van der Waals surface area contributed by atoms with Crippen molar-refractivity contribution in [1.82, 2.24) is 10.2 Å². The number of carbonyl (C=O) groups excluding carboxylic acids is 2. The molecular weight excluding hydrogens is 394 g/mol. The number of hydrogen-bond acceptors (Lipinski definition) is 7. The summed E-state index contributed by atoms with van der Waals surface area (Å²) < 4.78 is 5.09. The number of rotatable bonds is 7. The van der Waals surface area contributed by atoms with Gasteiger partial charge in [0.15, 0.2) is 5.17 Å². The number of thioether (sulfide) groups is 1. The largest absolute Gasteiger partial charge is 0.466 e. The smallest absolute Gasteiger partial charge is 0.338 e. The average Bonchev–Trinajstić information content (AvgIpc) is 3.21. The van der Waals surface area contributed by atoms with E-state index in [1.807, 2.05) is 34.7 Å². The SMILES string of the molecule is CCC1=C(C(=O)OC)[C@H](c2cccs2)N2C(CC(=O)NCC3CC3)=CSC2=N1. The molecule has 0 aromatic carbocycles. The molecule has 1 aliphatic carbocycles. The molecule has 1 fully saturated rings. The minimum atomic E-state index is -0.368. The molecule has 148 valence electrons. The number of thiophene rings is 1. The Morgan fingerprint density at radius 1 is 1.39 bits per heavy atom. The van der Waals surface area contributed by atoms with E-state index in [9.17, 15) is 9.59 Å². The lowest BCUT2D eigenvalue weighted by atomic mass is 9.98. The van der Waals surface area contributed by atoms with Crippen molar-refractivity contribution in [3.63, 3.8) is 0 Å². The third-order valence-corrected chi connectivity index (χ3v) is 6.88. The molecule has 4 rings (SSSR count). The molecule has 1 atom stereocenters. The molecule has 0 unspecified atom stereocenters. The number of methoxy groups -OCH3 is 1. The van der Waals surface area contributed by atoms with Gasteiger partial charge in [-0.25, -0.2) is 9.79 Å². The van der Waals surface area contributed by atoms with E-state index in [1.54, 1.807) is 11.3 Å². The van der Waals surface area contributed by atoms with Gasteiger partial charge < -0.3 is 15.0 Å². The van der Waals surface area contributed by atoms with Crippen molar-refractivity contribution in [3.8, 4) is 0 Å². The Hall–Kier alpha value is -2.06. The molecule has 0 radical (unpaired) electrons. The first-order valence-corrected chi connectivity index (χ1v) is 11.2. The van der Waals surface area contributed by atoms with Gasteiger partial charge in [0.05, 0.1) is 24.8 Å². The number of nitrogens with one attached hydrogen (secondary N) is 1. The number of ether oxygens (including phenoxy) is 1. The molecule has 3 heterocycles. The van der Waals surface area contributed by atoms with E-state index in [1.165, 1.54) is 31.7 Å². The van der Waals surface area contributed by atoms with Crippen LogP contribution in [0.15, 0.2) is 44.9 Å². The molecule has 0 saturated heterocycles. The second-order valence-electron chi connectivity index (χ2n) is 7.04. The number of allylic oxidation sites excluding steroid dienone is 1. The molecule has 1 amide bonds. The summed E-state index contributed by atoms with van der Waals surface area (Å²) in [6.45, 7) is 2.74. The van der Waals surface area contributed by atoms with Crippen LogP contribution in [0.25, 0.3) is 0 Å². The lowest BCUT2D eigenvalue weighted by molar-refractivity contribution is -0.136. The molecule has 0 spiro atoms. The Morgan fingerprint density at radius 2 is 2.21 bits per heavy atom. The second-order valence-corrected chi connectivity index (χ2v) is 8.85. The van der Waals surface area contributed by atoms with E-state index in [0.717, 1.165) is 28.0 Å². The molecule has 2 aliphatic heterocycles. The summed E-state index contributed by atoms with van der Waals surface area (Å²) in [7, 11) is 1.40. The van der Waals surface area contributed by atoms with Crippen LogP contribution in [0.3, 0.4) is 0 Å². The van der Waals surface area contributed by atoms with Gasteiger partial charge in [-0.3, -0.25) is 4.79 Å². The molecule has 6 nitrogen and oxygen atoms in total. The van der Waals surface area contributed by atoms with Crippen LogP contribution in [0.2, 0.25) is 0 Å². The molecule has 3 aliphatic rings. The average molecular weight is 418 g/mol. The fourth-order valence-electron chi connectivity index (χ4n) is 3.44. The highest BCUT2D eigenvalue weighted by Gasteiger charge is 2.41. The van der Waals surface area contributed by atoms with Crippen molar-refractivity contribution >= 4 is 40.1 Å². The van der Waals surface area contributed by atoms with E-state index in [2.05, 4.69) is 5.32 Å². The molecule has 1 aromatic rings. The van der Waals surface area contributed by atoms with Gasteiger partial charge in [-0.1, -0.05) is 24.8 Å². The highest BCUT2D eigenvalue weighted by Crippen LogP contribution is 2.46. The monoisotopic (exact) mass is 417 g/mol. The maximum absolute atomic E-state index is 12.7. The molecular formula is C20H23N3O3S2. The van der Waals surface area contributed by atoms with Crippen molar-refractivity contribution in [2.75, 3.05) is 13.7 Å². The fourth-order valence-corrected chi connectivity index (χ4v) is 5.20. The van der Waals surface area contributed by atoms with Crippen LogP contribution in [-0.4, -0.2) is 35.6 Å². The van der Waals surface area contributed by atoms with Crippen LogP contribution >= 0.6 is 23.1 Å². The summed E-state index contributed by atoms with van der Waals surface area (Å²) in [5.74, 6) is 0.283. The molecule has 1 N–H and O–H groups in total. The van der Waals surface area contributed by atoms with Crippen LogP contribution in [0.4, 0.5) is 0 Å². The molecule has 0 bridgehead atoms. The molecule has 1 saturated carbocycles. The zero-order valence-corrected chi connectivity index (χ0v) is 17.6. The van der Waals surface area contributed by atoms with Gasteiger partial charge in [0.1, 0.15) is 6.04 Å². The topological polar surface area (TPSA) is 71.0 Å². The van der Waals surface area contributed by atoms with Crippen molar-refractivity contribution in [3.05, 3.63) is 44.8 Å². The Labute approximate surface area is 172 Å². The number of aliphatic imine (C=N–C) groups is 1. The maximum atomic E-state index is 12.7. The van der Waals surface area contributed by atoms with Crippen molar-refractivity contribution in [1.29, 1.82) is 0 Å². The van der Waals surface area contributed by atoms with Gasteiger partial charge in [0, 0.05) is 17.1 Å². The normalized spacial score (nSPS) is 21.2. The Morgan fingerprint density at radius 3 is 2.86 bits per heavy atom. The van der Waals surface area contributed by atoms with Crippen molar-refractivity contribution in [2.24, 2.45) is 10.9 Å². The van der Waals surface area contributed by atoms with E-state index in [-0.39, 0.29) is 24.3 Å². The van der Waals surface area contributed by atoms with E-state index in [4.69, 9.17) is 9.73 Å². The van der Waals surface area contributed by atoms with E-state index < -0.39 is 0 Å². The Balaban J connectivity index is 1.64. The van der Waals surface area contributed by atoms with Gasteiger partial charge >= 0.3 is 5.97 Å². The molecule has 28 heavy (non-hydrogen) atoms. The van der Waals surface area contributed by atoms with Gasteiger partial charge in [-0.2, -0.15) is 0 Å². The summed E-state index contributed by atoms with van der Waals surface area (Å²) in [6, 6.07) is 3.68. The van der Waals surface area contributed by atoms with Crippen LogP contribution in [0.1, 0.15) is 43.5 Å². The number of amidine groups is 1. The number of amides is 1. The van der Waals surface area contributed by atoms with Gasteiger partial charge in [-0.05, 0) is 42.0 Å². The highest BCUT2D eigenvalue weighted by atomic mass is 32.2. The van der Waals surface area contributed by atoms with Gasteiger partial charge in [0.25, 0.3) is 0 Å². The third kappa shape index (κ3) is 3.75. The number of carbonyl (C=O) groups is 2. The predicted molar refractivity (Wildman–Crippen MR) is 112 cm³/mol. The van der Waals surface area contributed by atoms with Crippen LogP contribution < -0.4 is 5.32 Å². The summed E-state index contributed by atoms with van der Waals surface area (Å²) in [4.78, 5) is 32.9. The van der Waals surface area contributed by atoms with Gasteiger partial charge in [0.2, 0.25) is 5.91 Å². The molecule has 8 heteroatoms. The zero-order valence-electron chi connectivity index (χ0n) is 15.9. The van der Waals surface area contributed by atoms with Crippen LogP contribution in [0.5, 0.6) is 0 Å². The summed E-state index contributed by atoms with van der Waals surface area (Å²) in [5, 5.41) is 7.81. The maximum Gasteiger partial charge on any atom is 0.338 e. The fraction of sp³-hybridized carbons (Fsp3) is 0.450. The van der Waals surface area contributed by atoms with Crippen LogP contribution in [-0.2, 0) is 14.3 Å². The minimum absolute atomic E-state index is 0.00909. The third-order valence-electron chi connectivity index (χ3n) is 5.07. The first-order chi connectivity index (χ1) is 13.6. The number of hydrogen-bond donors (Lipinski definition) is 1. The number of esters is 1. The second kappa shape index (κ2) is 8.13. The zero-order chi connectivity index (χ0) is 19.7. The van der Waals surface area contributed by atoms with Gasteiger partial charge in [-0.15, -0.1) is 11.3 Å². The Bertz CT molecular complexity index is 869. The summed E-state index contributed by atoms with van der Waals surface area (Å²) >= 11 is 3.10. The number of fused-ring (bicyclic) bond motifs is 1. The molecule has 1 aromatic heterocycles. The number of nitrogens with zero attached hydrogens (tertiary/aromatic N) is 2. The lowest BCUT2D eigenvalue weighted by Gasteiger charge is -2.35. The minimum Gasteiger partial charge on any atom is -0.466 e. The van der Waals surface area contributed by atoms with E-state index in [0.29, 0.717) is 17.9 Å². The standard InChI is InChI=1S/C20H23N3O3S2/c1-3-14-17(19(25)26-2)18(15-5-4-8-27-15)23-13(11-28-20(23)22-14)9-16(24)21-10-12-6-7-12/h4-5,8,11-12,18H,3,6-7,9-10H2,1-2H3,(H,21,24)/t18-/m0/s1. The summed E-state index contributed by atoms with van der Waals surface area (Å²) in [6.07, 6.45) is 3.32. The Kier molecular flexibility index (Phi) is 5.59.